The summed E-state index contributed by atoms with van der Waals surface area (Å²) in [6.07, 6.45) is 5.15. The van der Waals surface area contributed by atoms with E-state index < -0.39 is 29.0 Å². The molecule has 2 nitrogen and oxygen atoms in total. The molecule has 0 heterocycles. The highest BCUT2D eigenvalue weighted by molar-refractivity contribution is 7.95. The van der Waals surface area contributed by atoms with Gasteiger partial charge in [0.05, 0.1) is 12.0 Å². The fraction of sp³-hybridized carbons (Fsp3) is 0.667. The van der Waals surface area contributed by atoms with E-state index in [1.165, 1.54) is 0 Å². The van der Waals surface area contributed by atoms with Gasteiger partial charge < -0.3 is 4.55 Å². The summed E-state index contributed by atoms with van der Waals surface area (Å²) in [7, 11) is 0. The Morgan fingerprint density at radius 1 is 1.43 bits per heavy atom. The number of hydrogen-bond acceptors (Lipinski definition) is 3. The minimum Gasteiger partial charge on any atom is -0.325 e. The van der Waals surface area contributed by atoms with Gasteiger partial charge in [0.25, 0.3) is 0 Å². The number of alkyl halides is 2. The molecule has 0 saturated heterocycles. The van der Waals surface area contributed by atoms with Crippen molar-refractivity contribution in [2.45, 2.75) is 18.1 Å². The molecule has 1 fully saturated rings. The molecule has 0 aromatic rings. The number of carbonyl (C=O) groups excluding carboxylic acids is 1. The zero-order chi connectivity index (χ0) is 10.3. The Labute approximate surface area is 84.6 Å². The molecule has 3 atom stereocenters. The predicted octanol–water partition coefficient (Wildman–Crippen LogP) is 2.57. The van der Waals surface area contributed by atoms with Crippen LogP contribution >= 0.6 is 12.0 Å². The maximum atomic E-state index is 12.9. The van der Waals surface area contributed by atoms with Gasteiger partial charge in [-0.1, -0.05) is 12.2 Å². The Morgan fingerprint density at radius 2 is 2.14 bits per heavy atom. The Kier molecular flexibility index (Phi) is 2.39. The fourth-order valence-electron chi connectivity index (χ4n) is 2.34. The minimum atomic E-state index is -3.64. The number of rotatable bonds is 3. The molecule has 2 aliphatic carbocycles. The second kappa shape index (κ2) is 3.31. The van der Waals surface area contributed by atoms with Gasteiger partial charge in [-0.3, -0.25) is 4.79 Å². The van der Waals surface area contributed by atoms with Crippen LogP contribution in [0.4, 0.5) is 8.78 Å². The van der Waals surface area contributed by atoms with E-state index in [9.17, 15) is 13.6 Å². The Morgan fingerprint density at radius 3 is 2.57 bits per heavy atom. The average Bonchev–Trinajstić information content (AvgIpc) is 2.77. The highest BCUT2D eigenvalue weighted by Gasteiger charge is 2.50. The number of halogens is 2. The van der Waals surface area contributed by atoms with Crippen molar-refractivity contribution in [3.8, 4) is 0 Å². The highest BCUT2D eigenvalue weighted by atomic mass is 32.2. The van der Waals surface area contributed by atoms with Crippen molar-refractivity contribution in [3.63, 3.8) is 0 Å². The van der Waals surface area contributed by atoms with Crippen molar-refractivity contribution in [2.75, 3.05) is 0 Å². The SMILES string of the molecule is O=C(C1CC2C=CC1C2)C(F)(F)SO. The van der Waals surface area contributed by atoms with Crippen molar-refractivity contribution < 1.29 is 18.1 Å². The lowest BCUT2D eigenvalue weighted by atomic mass is 9.90. The molecule has 0 aromatic carbocycles. The van der Waals surface area contributed by atoms with Crippen LogP contribution in [0, 0.1) is 17.8 Å². The van der Waals surface area contributed by atoms with Gasteiger partial charge in [0.1, 0.15) is 0 Å². The standard InChI is InChI=1S/C9H10F2O2S/c10-9(11,14-13)8(12)7-4-5-1-2-6(7)3-5/h1-2,5-7,13H,3-4H2. The third-order valence-electron chi connectivity index (χ3n) is 3.02. The van der Waals surface area contributed by atoms with Crippen LogP contribution in [-0.4, -0.2) is 15.6 Å². The molecule has 0 aromatic heterocycles. The molecule has 1 saturated carbocycles. The van der Waals surface area contributed by atoms with E-state index in [-0.39, 0.29) is 11.8 Å². The van der Waals surface area contributed by atoms with Gasteiger partial charge >= 0.3 is 5.25 Å². The third kappa shape index (κ3) is 1.48. The molecule has 2 rings (SSSR count). The summed E-state index contributed by atoms with van der Waals surface area (Å²) in [5, 5.41) is -3.64. The first-order chi connectivity index (χ1) is 6.54. The van der Waals surface area contributed by atoms with Crippen LogP contribution in [0.2, 0.25) is 0 Å². The van der Waals surface area contributed by atoms with Gasteiger partial charge in [0.2, 0.25) is 5.78 Å². The van der Waals surface area contributed by atoms with E-state index in [0.29, 0.717) is 6.42 Å². The van der Waals surface area contributed by atoms with Gasteiger partial charge in [-0.2, -0.15) is 8.78 Å². The zero-order valence-electron chi connectivity index (χ0n) is 7.32. The summed E-state index contributed by atoms with van der Waals surface area (Å²) < 4.78 is 34.0. The second-order valence-electron chi connectivity index (χ2n) is 3.86. The normalized spacial score (nSPS) is 35.2. The van der Waals surface area contributed by atoms with Crippen LogP contribution in [0.5, 0.6) is 0 Å². The number of Topliss-reactive ketones (excluding diaryl/α,β-unsaturated/α-hetero) is 1. The smallest absolute Gasteiger partial charge is 0.325 e. The van der Waals surface area contributed by atoms with Crippen LogP contribution in [0.1, 0.15) is 12.8 Å². The molecular weight excluding hydrogens is 210 g/mol. The number of hydrogen-bond donors (Lipinski definition) is 1. The molecule has 5 heteroatoms. The largest absolute Gasteiger partial charge is 0.375 e. The molecule has 3 unspecified atom stereocenters. The highest BCUT2D eigenvalue weighted by Crippen LogP contribution is 2.47. The lowest BCUT2D eigenvalue weighted by Crippen LogP contribution is -2.33. The summed E-state index contributed by atoms with van der Waals surface area (Å²) in [6, 6.07) is 0. The van der Waals surface area contributed by atoms with Gasteiger partial charge in [0.15, 0.2) is 0 Å². The van der Waals surface area contributed by atoms with Crippen LogP contribution in [-0.2, 0) is 4.79 Å². The lowest BCUT2D eigenvalue weighted by molar-refractivity contribution is -0.137. The van der Waals surface area contributed by atoms with Crippen LogP contribution in [0.3, 0.4) is 0 Å². The molecule has 2 aliphatic rings. The number of fused-ring (bicyclic) bond motifs is 2. The molecule has 0 radical (unpaired) electrons. The van der Waals surface area contributed by atoms with Crippen molar-refractivity contribution in [1.29, 1.82) is 0 Å². The molecule has 78 valence electrons. The van der Waals surface area contributed by atoms with Crippen molar-refractivity contribution >= 4 is 17.8 Å². The maximum absolute atomic E-state index is 12.9. The molecule has 1 N–H and O–H groups in total. The monoisotopic (exact) mass is 220 g/mol. The van der Waals surface area contributed by atoms with Crippen molar-refractivity contribution in [2.24, 2.45) is 17.8 Å². The van der Waals surface area contributed by atoms with Crippen molar-refractivity contribution in [1.82, 2.24) is 0 Å². The van der Waals surface area contributed by atoms with Gasteiger partial charge in [0, 0.05) is 5.92 Å². The first kappa shape index (κ1) is 10.1. The number of allylic oxidation sites excluding steroid dienone is 2. The topological polar surface area (TPSA) is 37.3 Å². The third-order valence-corrected chi connectivity index (χ3v) is 3.45. The summed E-state index contributed by atoms with van der Waals surface area (Å²) in [6.45, 7) is 0. The summed E-state index contributed by atoms with van der Waals surface area (Å²) in [5.74, 6) is -1.47. The van der Waals surface area contributed by atoms with Gasteiger partial charge in [-0.15, -0.1) is 0 Å². The predicted molar refractivity (Wildman–Crippen MR) is 49.0 cm³/mol. The lowest BCUT2D eigenvalue weighted by Gasteiger charge is -2.20. The summed E-state index contributed by atoms with van der Waals surface area (Å²) >= 11 is -0.658. The number of carbonyl (C=O) groups is 1. The van der Waals surface area contributed by atoms with Gasteiger partial charge in [-0.05, 0) is 24.7 Å². The first-order valence-electron chi connectivity index (χ1n) is 4.47. The van der Waals surface area contributed by atoms with Gasteiger partial charge in [-0.25, -0.2) is 0 Å². The van der Waals surface area contributed by atoms with E-state index in [2.05, 4.69) is 0 Å². The molecular formula is C9H10F2O2S. The fourth-order valence-corrected chi connectivity index (χ4v) is 2.58. The van der Waals surface area contributed by atoms with Crippen molar-refractivity contribution in [3.05, 3.63) is 12.2 Å². The average molecular weight is 220 g/mol. The Hall–Kier alpha value is -0.420. The molecule has 2 bridgehead atoms. The molecule has 0 spiro atoms. The quantitative estimate of drug-likeness (QED) is 0.586. The first-order valence-corrected chi connectivity index (χ1v) is 5.25. The molecule has 14 heavy (non-hydrogen) atoms. The molecule has 0 aliphatic heterocycles. The van der Waals surface area contributed by atoms with Crippen LogP contribution in [0.25, 0.3) is 0 Å². The zero-order valence-corrected chi connectivity index (χ0v) is 8.14. The second-order valence-corrected chi connectivity index (χ2v) is 4.55. The summed E-state index contributed by atoms with van der Waals surface area (Å²) in [5.41, 5.74) is 0. The Bertz CT molecular complexity index is 291. The van der Waals surface area contributed by atoms with Crippen LogP contribution in [0.15, 0.2) is 12.2 Å². The van der Waals surface area contributed by atoms with E-state index in [1.807, 2.05) is 12.2 Å². The maximum Gasteiger partial charge on any atom is 0.375 e. The van der Waals surface area contributed by atoms with E-state index in [1.54, 1.807) is 0 Å². The van der Waals surface area contributed by atoms with E-state index in [4.69, 9.17) is 4.55 Å². The van der Waals surface area contributed by atoms with Crippen LogP contribution < -0.4 is 0 Å². The summed E-state index contributed by atoms with van der Waals surface area (Å²) in [4.78, 5) is 11.3. The molecule has 0 amide bonds. The van der Waals surface area contributed by atoms with E-state index in [0.717, 1.165) is 6.42 Å². The minimum absolute atomic E-state index is 0.0366. The number of ketones is 1. The van der Waals surface area contributed by atoms with E-state index >= 15 is 0 Å². The Balaban J connectivity index is 2.10.